The molecule has 102 valence electrons. The minimum atomic E-state index is 0.129. The number of nitrogens with one attached hydrogen (secondary N) is 1. The number of nitrogens with zero attached hydrogens (tertiary/aromatic N) is 1. The lowest BCUT2D eigenvalue weighted by Crippen LogP contribution is -2.37. The van der Waals surface area contributed by atoms with E-state index in [0.717, 1.165) is 24.9 Å². The van der Waals surface area contributed by atoms with Gasteiger partial charge >= 0.3 is 0 Å². The van der Waals surface area contributed by atoms with E-state index < -0.39 is 0 Å². The molecule has 0 radical (unpaired) electrons. The van der Waals surface area contributed by atoms with Crippen molar-refractivity contribution in [2.45, 2.75) is 64.7 Å². The minimum absolute atomic E-state index is 0.129. The summed E-state index contributed by atoms with van der Waals surface area (Å²) >= 11 is 0. The smallest absolute Gasteiger partial charge is 0.122 e. The fraction of sp³-hybridized carbons (Fsp3) is 0.733. The fourth-order valence-corrected chi connectivity index (χ4v) is 2.23. The highest BCUT2D eigenvalue weighted by Crippen LogP contribution is 2.25. The van der Waals surface area contributed by atoms with Gasteiger partial charge in [0.25, 0.3) is 0 Å². The molecule has 1 aromatic rings. The van der Waals surface area contributed by atoms with Crippen molar-refractivity contribution in [2.24, 2.45) is 0 Å². The molecular formula is C15H26N2O. The molecule has 3 heteroatoms. The quantitative estimate of drug-likeness (QED) is 0.870. The molecule has 2 rings (SSSR count). The van der Waals surface area contributed by atoms with Crippen molar-refractivity contribution in [3.05, 3.63) is 23.7 Å². The van der Waals surface area contributed by atoms with Crippen LogP contribution in [0.2, 0.25) is 0 Å². The predicted molar refractivity (Wildman–Crippen MR) is 74.4 cm³/mol. The third-order valence-corrected chi connectivity index (χ3v) is 3.73. The van der Waals surface area contributed by atoms with Crippen molar-refractivity contribution in [2.75, 3.05) is 7.05 Å². The van der Waals surface area contributed by atoms with E-state index in [1.807, 2.05) is 6.26 Å². The van der Waals surface area contributed by atoms with Gasteiger partial charge in [-0.05, 0) is 46.7 Å². The van der Waals surface area contributed by atoms with E-state index in [2.05, 4.69) is 44.1 Å². The third-order valence-electron chi connectivity index (χ3n) is 3.73. The molecule has 1 saturated carbocycles. The highest BCUT2D eigenvalue weighted by atomic mass is 16.3. The van der Waals surface area contributed by atoms with Crippen LogP contribution < -0.4 is 5.32 Å². The maximum absolute atomic E-state index is 5.60. The first-order valence-corrected chi connectivity index (χ1v) is 6.96. The van der Waals surface area contributed by atoms with Crippen LogP contribution >= 0.6 is 0 Å². The molecule has 1 aliphatic carbocycles. The monoisotopic (exact) mass is 250 g/mol. The maximum atomic E-state index is 5.60. The molecule has 0 amide bonds. The second-order valence-electron chi connectivity index (χ2n) is 6.47. The van der Waals surface area contributed by atoms with Crippen molar-refractivity contribution >= 4 is 0 Å². The lowest BCUT2D eigenvalue weighted by atomic mass is 9.91. The Kier molecular flexibility index (Phi) is 4.13. The Bertz CT molecular complexity index is 374. The summed E-state index contributed by atoms with van der Waals surface area (Å²) in [7, 11) is 2.22. The van der Waals surface area contributed by atoms with Crippen LogP contribution in [0.3, 0.4) is 0 Å². The zero-order chi connectivity index (χ0) is 13.2. The first-order valence-electron chi connectivity index (χ1n) is 6.96. The summed E-state index contributed by atoms with van der Waals surface area (Å²) in [5.74, 6) is 1.08. The van der Waals surface area contributed by atoms with Crippen molar-refractivity contribution in [1.82, 2.24) is 10.2 Å². The van der Waals surface area contributed by atoms with Gasteiger partial charge < -0.3 is 9.73 Å². The largest absolute Gasteiger partial charge is 0.468 e. The standard InChI is InChI=1S/C15H26N2O/c1-15(2,3)16-10-14-12(8-9-18-14)11-17(4)13-6-5-7-13/h8-9,13,16H,5-7,10-11H2,1-4H3. The number of furan rings is 1. The average Bonchev–Trinajstić information content (AvgIpc) is 2.58. The zero-order valence-electron chi connectivity index (χ0n) is 12.1. The van der Waals surface area contributed by atoms with Gasteiger partial charge in [-0.15, -0.1) is 0 Å². The molecule has 1 aromatic heterocycles. The first-order chi connectivity index (χ1) is 8.46. The Labute approximate surface area is 111 Å². The van der Waals surface area contributed by atoms with Crippen LogP contribution in [0.5, 0.6) is 0 Å². The molecule has 1 heterocycles. The molecule has 1 aliphatic rings. The van der Waals surface area contributed by atoms with Gasteiger partial charge in [0.2, 0.25) is 0 Å². The maximum Gasteiger partial charge on any atom is 0.122 e. The van der Waals surface area contributed by atoms with Crippen LogP contribution in [0, 0.1) is 0 Å². The van der Waals surface area contributed by atoms with Gasteiger partial charge in [0.05, 0.1) is 12.8 Å². The molecule has 0 atom stereocenters. The van der Waals surface area contributed by atoms with Crippen molar-refractivity contribution < 1.29 is 4.42 Å². The van der Waals surface area contributed by atoms with E-state index in [1.54, 1.807) is 0 Å². The minimum Gasteiger partial charge on any atom is -0.468 e. The topological polar surface area (TPSA) is 28.4 Å². The second-order valence-corrected chi connectivity index (χ2v) is 6.47. The summed E-state index contributed by atoms with van der Waals surface area (Å²) in [6.45, 7) is 8.34. The number of rotatable bonds is 5. The summed E-state index contributed by atoms with van der Waals surface area (Å²) in [4.78, 5) is 2.45. The number of hydrogen-bond donors (Lipinski definition) is 1. The Morgan fingerprint density at radius 1 is 1.39 bits per heavy atom. The molecule has 0 saturated heterocycles. The Morgan fingerprint density at radius 2 is 2.11 bits per heavy atom. The van der Waals surface area contributed by atoms with Gasteiger partial charge in [-0.1, -0.05) is 6.42 Å². The van der Waals surface area contributed by atoms with Crippen LogP contribution in [-0.2, 0) is 13.1 Å². The van der Waals surface area contributed by atoms with E-state index in [-0.39, 0.29) is 5.54 Å². The van der Waals surface area contributed by atoms with Gasteiger partial charge in [0.15, 0.2) is 0 Å². The summed E-state index contributed by atoms with van der Waals surface area (Å²) in [6.07, 6.45) is 5.90. The van der Waals surface area contributed by atoms with E-state index >= 15 is 0 Å². The SMILES string of the molecule is CN(Cc1ccoc1CNC(C)(C)C)C1CCC1. The summed E-state index contributed by atoms with van der Waals surface area (Å²) in [5, 5.41) is 3.48. The lowest BCUT2D eigenvalue weighted by Gasteiger charge is -2.34. The first kappa shape index (κ1) is 13.6. The highest BCUT2D eigenvalue weighted by molar-refractivity contribution is 5.17. The van der Waals surface area contributed by atoms with Gasteiger partial charge in [0, 0.05) is 23.7 Å². The average molecular weight is 250 g/mol. The Hall–Kier alpha value is -0.800. The van der Waals surface area contributed by atoms with Gasteiger partial charge in [0.1, 0.15) is 5.76 Å². The fourth-order valence-electron chi connectivity index (χ4n) is 2.23. The molecule has 0 aromatic carbocycles. The number of hydrogen-bond acceptors (Lipinski definition) is 3. The van der Waals surface area contributed by atoms with E-state index in [0.29, 0.717) is 0 Å². The van der Waals surface area contributed by atoms with Gasteiger partial charge in [-0.3, -0.25) is 4.90 Å². The van der Waals surface area contributed by atoms with Crippen LogP contribution in [-0.4, -0.2) is 23.5 Å². The van der Waals surface area contributed by atoms with Gasteiger partial charge in [-0.25, -0.2) is 0 Å². The zero-order valence-corrected chi connectivity index (χ0v) is 12.1. The molecule has 18 heavy (non-hydrogen) atoms. The summed E-state index contributed by atoms with van der Waals surface area (Å²) in [6, 6.07) is 2.89. The van der Waals surface area contributed by atoms with E-state index in [1.165, 1.54) is 24.8 Å². The van der Waals surface area contributed by atoms with Crippen LogP contribution in [0.25, 0.3) is 0 Å². The Morgan fingerprint density at radius 3 is 2.67 bits per heavy atom. The van der Waals surface area contributed by atoms with Crippen LogP contribution in [0.1, 0.15) is 51.4 Å². The summed E-state index contributed by atoms with van der Waals surface area (Å²) < 4.78 is 5.60. The van der Waals surface area contributed by atoms with Crippen molar-refractivity contribution in [3.63, 3.8) is 0 Å². The van der Waals surface area contributed by atoms with E-state index in [9.17, 15) is 0 Å². The predicted octanol–water partition coefficient (Wildman–Crippen LogP) is 3.15. The molecule has 0 aliphatic heterocycles. The van der Waals surface area contributed by atoms with E-state index in [4.69, 9.17) is 4.42 Å². The molecule has 1 fully saturated rings. The molecule has 1 N–H and O–H groups in total. The summed E-state index contributed by atoms with van der Waals surface area (Å²) in [5.41, 5.74) is 1.45. The molecule has 0 spiro atoms. The van der Waals surface area contributed by atoms with Crippen molar-refractivity contribution in [3.8, 4) is 0 Å². The molecular weight excluding hydrogens is 224 g/mol. The Balaban J connectivity index is 1.90. The normalized spacial score (nSPS) is 17.2. The molecule has 0 bridgehead atoms. The van der Waals surface area contributed by atoms with Crippen molar-refractivity contribution in [1.29, 1.82) is 0 Å². The molecule has 0 unspecified atom stereocenters. The third kappa shape index (κ3) is 3.59. The van der Waals surface area contributed by atoms with Gasteiger partial charge in [-0.2, -0.15) is 0 Å². The highest BCUT2D eigenvalue weighted by Gasteiger charge is 2.23. The molecule has 3 nitrogen and oxygen atoms in total. The van der Waals surface area contributed by atoms with Crippen LogP contribution in [0.4, 0.5) is 0 Å². The lowest BCUT2D eigenvalue weighted by molar-refractivity contribution is 0.151. The van der Waals surface area contributed by atoms with Crippen LogP contribution in [0.15, 0.2) is 16.7 Å². The second kappa shape index (κ2) is 5.45.